The third-order valence-electron chi connectivity index (χ3n) is 10.9. The average molecular weight is 677 g/mol. The van der Waals surface area contributed by atoms with Gasteiger partial charge in [-0.15, -0.1) is 0 Å². The van der Waals surface area contributed by atoms with E-state index in [1.54, 1.807) is 0 Å². The molecule has 0 unspecified atom stereocenters. The lowest BCUT2D eigenvalue weighted by Crippen LogP contribution is -1.98. The largest absolute Gasteiger partial charge is 0.292 e. The molecule has 0 amide bonds. The van der Waals surface area contributed by atoms with Crippen LogP contribution in [0.1, 0.15) is 18.1 Å². The van der Waals surface area contributed by atoms with Gasteiger partial charge in [0.15, 0.2) is 0 Å². The van der Waals surface area contributed by atoms with Gasteiger partial charge in [0.25, 0.3) is 0 Å². The smallest absolute Gasteiger partial charge is 0.145 e. The van der Waals surface area contributed by atoms with Crippen LogP contribution in [0.3, 0.4) is 0 Å². The molecule has 0 radical (unpaired) electrons. The van der Waals surface area contributed by atoms with Crippen LogP contribution in [0.5, 0.6) is 0 Å². The van der Waals surface area contributed by atoms with E-state index >= 15 is 0 Å². The van der Waals surface area contributed by atoms with Crippen LogP contribution in [0, 0.1) is 0 Å². The van der Waals surface area contributed by atoms with Gasteiger partial charge in [0.1, 0.15) is 5.82 Å². The SMILES string of the molecule is C=C/C(=C\C=C/C)n1c(-c2ccc(-c3c4ccccc4c(-c4ccc5ccccc5c4)c4cc5c(cc34)-c3ccccc3C5)cc2)nc2ccccc21. The second-order valence-electron chi connectivity index (χ2n) is 13.9. The van der Waals surface area contributed by atoms with Crippen LogP contribution in [0.2, 0.25) is 0 Å². The second kappa shape index (κ2) is 12.5. The van der Waals surface area contributed by atoms with Gasteiger partial charge in [-0.05, 0) is 133 Å². The molecular formula is C51H36N2. The Balaban J connectivity index is 1.23. The van der Waals surface area contributed by atoms with Crippen molar-refractivity contribution in [2.24, 2.45) is 0 Å². The Labute approximate surface area is 309 Å². The van der Waals surface area contributed by atoms with Gasteiger partial charge in [0.05, 0.1) is 11.0 Å². The molecule has 1 aliphatic rings. The summed E-state index contributed by atoms with van der Waals surface area (Å²) in [6.07, 6.45) is 9.02. The van der Waals surface area contributed by atoms with Crippen molar-refractivity contribution in [3.63, 3.8) is 0 Å². The fourth-order valence-corrected chi connectivity index (χ4v) is 8.47. The summed E-state index contributed by atoms with van der Waals surface area (Å²) in [5, 5.41) is 7.57. The molecule has 0 N–H and O–H groups in total. The van der Waals surface area contributed by atoms with E-state index in [0.717, 1.165) is 34.5 Å². The van der Waals surface area contributed by atoms with Gasteiger partial charge in [-0.3, -0.25) is 4.57 Å². The predicted octanol–water partition coefficient (Wildman–Crippen LogP) is 13.7. The summed E-state index contributed by atoms with van der Waals surface area (Å²) in [4.78, 5) is 5.14. The monoisotopic (exact) mass is 676 g/mol. The zero-order valence-electron chi connectivity index (χ0n) is 29.6. The zero-order chi connectivity index (χ0) is 35.5. The van der Waals surface area contributed by atoms with Crippen LogP contribution in [-0.2, 0) is 6.42 Å². The Hall–Kier alpha value is -6.77. The molecule has 250 valence electrons. The molecule has 1 aliphatic carbocycles. The molecule has 2 nitrogen and oxygen atoms in total. The Morgan fingerprint density at radius 2 is 1.25 bits per heavy atom. The molecule has 0 bridgehead atoms. The van der Waals surface area contributed by atoms with Crippen LogP contribution in [0.15, 0.2) is 183 Å². The van der Waals surface area contributed by atoms with E-state index in [0.29, 0.717) is 0 Å². The molecule has 9 aromatic rings. The summed E-state index contributed by atoms with van der Waals surface area (Å²) < 4.78 is 2.21. The van der Waals surface area contributed by atoms with E-state index in [9.17, 15) is 0 Å². The molecule has 0 spiro atoms. The molecule has 8 aromatic carbocycles. The van der Waals surface area contributed by atoms with Crippen molar-refractivity contribution in [2.45, 2.75) is 13.3 Å². The first-order valence-electron chi connectivity index (χ1n) is 18.3. The predicted molar refractivity (Wildman–Crippen MR) is 226 cm³/mol. The molecule has 0 aliphatic heterocycles. The fourth-order valence-electron chi connectivity index (χ4n) is 8.47. The van der Waals surface area contributed by atoms with Gasteiger partial charge in [0.2, 0.25) is 0 Å². The Morgan fingerprint density at radius 3 is 2.06 bits per heavy atom. The van der Waals surface area contributed by atoms with Gasteiger partial charge >= 0.3 is 0 Å². The van der Waals surface area contributed by atoms with E-state index in [2.05, 4.69) is 163 Å². The van der Waals surface area contributed by atoms with Crippen LogP contribution in [0.4, 0.5) is 0 Å². The van der Waals surface area contributed by atoms with E-state index < -0.39 is 0 Å². The van der Waals surface area contributed by atoms with Crippen LogP contribution < -0.4 is 0 Å². The first-order chi connectivity index (χ1) is 26.2. The lowest BCUT2D eigenvalue weighted by molar-refractivity contribution is 1.15. The van der Waals surface area contributed by atoms with Crippen LogP contribution in [-0.4, -0.2) is 9.55 Å². The molecular weight excluding hydrogens is 641 g/mol. The van der Waals surface area contributed by atoms with E-state index in [1.807, 2.05) is 31.2 Å². The number of benzene rings is 8. The highest BCUT2D eigenvalue weighted by molar-refractivity contribution is 6.22. The van der Waals surface area contributed by atoms with Gasteiger partial charge in [-0.2, -0.15) is 0 Å². The first kappa shape index (κ1) is 31.0. The number of para-hydroxylation sites is 2. The summed E-state index contributed by atoms with van der Waals surface area (Å²) in [5.74, 6) is 0.893. The highest BCUT2D eigenvalue weighted by Crippen LogP contribution is 2.48. The summed E-state index contributed by atoms with van der Waals surface area (Å²) in [6, 6.07) is 55.7. The number of nitrogens with zero attached hydrogens (tertiary/aromatic N) is 2. The average Bonchev–Trinajstić information content (AvgIpc) is 3.78. The van der Waals surface area contributed by atoms with Gasteiger partial charge in [0, 0.05) is 11.3 Å². The van der Waals surface area contributed by atoms with Crippen molar-refractivity contribution in [1.29, 1.82) is 0 Å². The van der Waals surface area contributed by atoms with Crippen LogP contribution >= 0.6 is 0 Å². The molecule has 1 heterocycles. The number of hydrogen-bond donors (Lipinski definition) is 0. The van der Waals surface area contributed by atoms with Crippen molar-refractivity contribution >= 4 is 49.0 Å². The van der Waals surface area contributed by atoms with Crippen LogP contribution in [0.25, 0.3) is 93.8 Å². The Bertz CT molecular complexity index is 2990. The fraction of sp³-hybridized carbons (Fsp3) is 0.0392. The van der Waals surface area contributed by atoms with Gasteiger partial charge in [-0.1, -0.05) is 140 Å². The lowest BCUT2D eigenvalue weighted by Gasteiger charge is -2.20. The van der Waals surface area contributed by atoms with E-state index in [1.165, 1.54) is 76.8 Å². The van der Waals surface area contributed by atoms with Crippen molar-refractivity contribution < 1.29 is 0 Å². The van der Waals surface area contributed by atoms with Gasteiger partial charge < -0.3 is 0 Å². The third-order valence-corrected chi connectivity index (χ3v) is 10.9. The topological polar surface area (TPSA) is 17.8 Å². The molecule has 0 saturated carbocycles. The lowest BCUT2D eigenvalue weighted by atomic mass is 9.84. The van der Waals surface area contributed by atoms with Gasteiger partial charge in [-0.25, -0.2) is 4.98 Å². The molecule has 10 rings (SSSR count). The summed E-state index contributed by atoms with van der Waals surface area (Å²) in [5.41, 5.74) is 14.5. The van der Waals surface area contributed by atoms with Crippen molar-refractivity contribution in [3.05, 3.63) is 194 Å². The summed E-state index contributed by atoms with van der Waals surface area (Å²) >= 11 is 0. The van der Waals surface area contributed by atoms with Crippen molar-refractivity contribution in [3.8, 4) is 44.8 Å². The highest BCUT2D eigenvalue weighted by atomic mass is 15.1. The second-order valence-corrected chi connectivity index (χ2v) is 13.9. The Morgan fingerprint density at radius 1 is 0.585 bits per heavy atom. The van der Waals surface area contributed by atoms with E-state index in [-0.39, 0.29) is 0 Å². The molecule has 53 heavy (non-hydrogen) atoms. The maximum Gasteiger partial charge on any atom is 0.145 e. The normalized spacial score (nSPS) is 12.7. The molecule has 1 aromatic heterocycles. The molecule has 2 heteroatoms. The van der Waals surface area contributed by atoms with Crippen molar-refractivity contribution in [1.82, 2.24) is 9.55 Å². The molecule has 0 saturated heterocycles. The number of hydrogen-bond acceptors (Lipinski definition) is 1. The maximum absolute atomic E-state index is 5.14. The highest BCUT2D eigenvalue weighted by Gasteiger charge is 2.24. The summed E-state index contributed by atoms with van der Waals surface area (Å²) in [7, 11) is 0. The number of allylic oxidation sites excluding steroid dienone is 5. The summed E-state index contributed by atoms with van der Waals surface area (Å²) in [6.45, 7) is 6.18. The quantitative estimate of drug-likeness (QED) is 0.127. The van der Waals surface area contributed by atoms with Crippen molar-refractivity contribution in [2.75, 3.05) is 0 Å². The minimum Gasteiger partial charge on any atom is -0.292 e. The third kappa shape index (κ3) is 4.98. The Kier molecular flexibility index (Phi) is 7.30. The number of fused-ring (bicyclic) bond motifs is 7. The first-order valence-corrected chi connectivity index (χ1v) is 18.3. The maximum atomic E-state index is 5.14. The number of imidazole rings is 1. The standard InChI is InChI=1S/C51H36N2/c1-3-5-17-40(4-2)53-48-22-13-12-21-47(48)52-51(53)35-26-24-34(25-27-35)49-42-19-10-11-20-43(42)50(38-28-23-33-14-6-7-15-36(33)29-38)45-31-39-30-37-16-8-9-18-41(37)44(39)32-46(45)49/h3-29,31-32H,2,30H2,1H3/b5-3-,40-17+. The van der Waals surface area contributed by atoms with E-state index in [4.69, 9.17) is 4.98 Å². The number of rotatable bonds is 6. The zero-order valence-corrected chi connectivity index (χ0v) is 29.6. The minimum atomic E-state index is 0.893. The minimum absolute atomic E-state index is 0.893. The molecule has 0 fully saturated rings. The number of aromatic nitrogens is 2. The molecule has 0 atom stereocenters.